The van der Waals surface area contributed by atoms with Crippen molar-refractivity contribution in [3.05, 3.63) is 58.1 Å². The van der Waals surface area contributed by atoms with Crippen LogP contribution in [0.15, 0.2) is 47.4 Å². The van der Waals surface area contributed by atoms with E-state index in [4.69, 9.17) is 9.47 Å². The van der Waals surface area contributed by atoms with Gasteiger partial charge in [-0.25, -0.2) is 8.42 Å². The van der Waals surface area contributed by atoms with E-state index in [1.807, 2.05) is 0 Å². The molecule has 2 N–H and O–H groups in total. The Kier molecular flexibility index (Phi) is 5.68. The average molecular weight is 424 g/mol. The Labute approximate surface area is 165 Å². The lowest BCUT2D eigenvalue weighted by Crippen LogP contribution is -2.45. The number of fused-ring (bicyclic) bond motifs is 1. The first-order valence-corrected chi connectivity index (χ1v) is 9.63. The zero-order valence-corrected chi connectivity index (χ0v) is 15.8. The number of esters is 1. The third-order valence-corrected chi connectivity index (χ3v) is 5.61. The fraction of sp³-hybridized carbons (Fsp3) is 0.235. The second-order valence-corrected chi connectivity index (χ2v) is 7.64. The van der Waals surface area contributed by atoms with Gasteiger partial charge in [0.15, 0.2) is 11.5 Å². The van der Waals surface area contributed by atoms with Gasteiger partial charge in [-0.15, -0.1) is 0 Å². The molecule has 0 saturated heterocycles. The van der Waals surface area contributed by atoms with Crippen LogP contribution < -0.4 is 14.2 Å². The molecule has 1 heterocycles. The Morgan fingerprint density at radius 3 is 2.48 bits per heavy atom. The van der Waals surface area contributed by atoms with Crippen molar-refractivity contribution >= 4 is 21.7 Å². The summed E-state index contributed by atoms with van der Waals surface area (Å²) < 4.78 is 42.3. The highest BCUT2D eigenvalue weighted by Gasteiger charge is 2.34. The van der Waals surface area contributed by atoms with Crippen LogP contribution in [0.25, 0.3) is 0 Å². The van der Waals surface area contributed by atoms with E-state index in [9.17, 15) is 28.4 Å². The fourth-order valence-corrected chi connectivity index (χ4v) is 3.83. The molecular weight excluding hydrogens is 408 g/mol. The Bertz CT molecular complexity index is 1040. The number of non-ortho nitro benzene ring substituents is 1. The Hall–Kier alpha value is -3.22. The molecule has 0 spiro atoms. The molecule has 29 heavy (non-hydrogen) atoms. The highest BCUT2D eigenvalue weighted by atomic mass is 32.2. The number of carbonyl (C=O) groups excluding carboxylic acids is 1. The number of aliphatic hydroxyl groups excluding tert-OH is 1. The van der Waals surface area contributed by atoms with Crippen molar-refractivity contribution in [3.8, 4) is 11.5 Å². The lowest BCUT2D eigenvalue weighted by molar-refractivity contribution is -0.384. The van der Waals surface area contributed by atoms with Crippen LogP contribution >= 0.6 is 0 Å². The second-order valence-electron chi connectivity index (χ2n) is 5.93. The summed E-state index contributed by atoms with van der Waals surface area (Å²) in [5.41, 5.74) is -0.107. The summed E-state index contributed by atoms with van der Waals surface area (Å²) in [7, 11) is -3.27. The van der Waals surface area contributed by atoms with E-state index in [1.165, 1.54) is 18.2 Å². The van der Waals surface area contributed by atoms with Crippen LogP contribution in [-0.4, -0.2) is 44.4 Å². The zero-order chi connectivity index (χ0) is 21.2. The molecule has 0 radical (unpaired) electrons. The van der Waals surface area contributed by atoms with Crippen molar-refractivity contribution in [1.29, 1.82) is 0 Å². The standard InChI is InChI=1S/C17H16N2O9S/c1-26-17(21)15(16(20)10-2-7-13-14(8-10)28-9-27-13)18-29(24,25)12-5-3-11(4-6-12)19(22)23/h2-8,15-16,18,20H,9H2,1H3. The predicted molar refractivity (Wildman–Crippen MR) is 96.7 cm³/mol. The van der Waals surface area contributed by atoms with Crippen molar-refractivity contribution in [2.45, 2.75) is 17.0 Å². The number of carbonyl (C=O) groups is 1. The number of hydrogen-bond donors (Lipinski definition) is 2. The lowest BCUT2D eigenvalue weighted by atomic mass is 10.0. The lowest BCUT2D eigenvalue weighted by Gasteiger charge is -2.22. The normalized spacial score (nSPS) is 14.8. The molecule has 2 atom stereocenters. The number of nitro groups is 1. The third kappa shape index (κ3) is 4.29. The monoisotopic (exact) mass is 424 g/mol. The molecule has 1 aliphatic heterocycles. The van der Waals surface area contributed by atoms with Crippen LogP contribution in [0.5, 0.6) is 11.5 Å². The van der Waals surface area contributed by atoms with Crippen LogP contribution in [-0.2, 0) is 19.6 Å². The van der Waals surface area contributed by atoms with Crippen LogP contribution in [0.3, 0.4) is 0 Å². The van der Waals surface area contributed by atoms with E-state index in [-0.39, 0.29) is 22.9 Å². The molecule has 0 fully saturated rings. The van der Waals surface area contributed by atoms with E-state index in [0.29, 0.717) is 11.5 Å². The van der Waals surface area contributed by atoms with Crippen LogP contribution in [0.2, 0.25) is 0 Å². The molecule has 154 valence electrons. The molecule has 0 saturated carbocycles. The van der Waals surface area contributed by atoms with Gasteiger partial charge >= 0.3 is 5.97 Å². The van der Waals surface area contributed by atoms with Crippen LogP contribution in [0, 0.1) is 10.1 Å². The van der Waals surface area contributed by atoms with Gasteiger partial charge in [0.2, 0.25) is 16.8 Å². The van der Waals surface area contributed by atoms with Crippen molar-refractivity contribution in [1.82, 2.24) is 4.72 Å². The van der Waals surface area contributed by atoms with Gasteiger partial charge in [0, 0.05) is 12.1 Å². The first-order valence-electron chi connectivity index (χ1n) is 8.15. The molecule has 2 aromatic carbocycles. The van der Waals surface area contributed by atoms with Crippen molar-refractivity contribution in [2.75, 3.05) is 13.9 Å². The van der Waals surface area contributed by atoms with Crippen molar-refractivity contribution < 1.29 is 37.5 Å². The van der Waals surface area contributed by atoms with E-state index in [2.05, 4.69) is 9.46 Å². The number of nitro benzene ring substituents is 1. The van der Waals surface area contributed by atoms with E-state index >= 15 is 0 Å². The molecule has 2 unspecified atom stereocenters. The van der Waals surface area contributed by atoms with Gasteiger partial charge in [-0.05, 0) is 29.8 Å². The van der Waals surface area contributed by atoms with Crippen molar-refractivity contribution in [2.24, 2.45) is 0 Å². The number of hydrogen-bond acceptors (Lipinski definition) is 9. The summed E-state index contributed by atoms with van der Waals surface area (Å²) >= 11 is 0. The summed E-state index contributed by atoms with van der Waals surface area (Å²) in [5.74, 6) is -0.244. The zero-order valence-electron chi connectivity index (χ0n) is 15.0. The van der Waals surface area contributed by atoms with Gasteiger partial charge < -0.3 is 19.3 Å². The maximum absolute atomic E-state index is 12.6. The topological polar surface area (TPSA) is 154 Å². The van der Waals surface area contributed by atoms with Crippen LogP contribution in [0.1, 0.15) is 11.7 Å². The highest BCUT2D eigenvalue weighted by Crippen LogP contribution is 2.35. The number of nitrogens with zero attached hydrogens (tertiary/aromatic N) is 1. The summed E-state index contributed by atoms with van der Waals surface area (Å²) in [4.78, 5) is 21.9. The molecular formula is C17H16N2O9S. The summed E-state index contributed by atoms with van der Waals surface area (Å²) in [6.45, 7) is 0.00207. The molecule has 0 bridgehead atoms. The van der Waals surface area contributed by atoms with E-state index < -0.39 is 33.1 Å². The number of rotatable bonds is 7. The smallest absolute Gasteiger partial charge is 0.326 e. The number of aliphatic hydroxyl groups is 1. The maximum atomic E-state index is 12.6. The number of nitrogens with one attached hydrogen (secondary N) is 1. The van der Waals surface area contributed by atoms with Gasteiger partial charge in [0.05, 0.1) is 16.9 Å². The minimum absolute atomic E-state index is 0.00207. The van der Waals surface area contributed by atoms with Gasteiger partial charge in [-0.2, -0.15) is 4.72 Å². The van der Waals surface area contributed by atoms with Gasteiger partial charge in [-0.3, -0.25) is 14.9 Å². The molecule has 0 aliphatic carbocycles. The summed E-state index contributed by atoms with van der Waals surface area (Å²) in [6.07, 6.45) is -1.61. The summed E-state index contributed by atoms with van der Waals surface area (Å²) in [6, 6.07) is 6.76. The number of sulfonamides is 1. The maximum Gasteiger partial charge on any atom is 0.326 e. The first kappa shape index (κ1) is 20.5. The Morgan fingerprint density at radius 1 is 1.21 bits per heavy atom. The predicted octanol–water partition coefficient (Wildman–Crippen LogP) is 0.877. The summed E-state index contributed by atoms with van der Waals surface area (Å²) in [5, 5.41) is 21.3. The highest BCUT2D eigenvalue weighted by molar-refractivity contribution is 7.89. The molecule has 12 heteroatoms. The quantitative estimate of drug-likeness (QED) is 0.374. The molecule has 2 aromatic rings. The Balaban J connectivity index is 1.88. The van der Waals surface area contributed by atoms with E-state index in [1.54, 1.807) is 0 Å². The van der Waals surface area contributed by atoms with Gasteiger partial charge in [0.1, 0.15) is 12.1 Å². The largest absolute Gasteiger partial charge is 0.468 e. The van der Waals surface area contributed by atoms with E-state index in [0.717, 1.165) is 31.4 Å². The molecule has 11 nitrogen and oxygen atoms in total. The third-order valence-electron chi connectivity index (χ3n) is 4.15. The average Bonchev–Trinajstić information content (AvgIpc) is 3.19. The van der Waals surface area contributed by atoms with Gasteiger partial charge in [-0.1, -0.05) is 6.07 Å². The van der Waals surface area contributed by atoms with Crippen molar-refractivity contribution in [3.63, 3.8) is 0 Å². The Morgan fingerprint density at radius 2 is 1.86 bits per heavy atom. The first-order chi connectivity index (χ1) is 13.7. The molecule has 0 amide bonds. The number of benzene rings is 2. The van der Waals surface area contributed by atoms with Gasteiger partial charge in [0.25, 0.3) is 5.69 Å². The number of methoxy groups -OCH3 is 1. The SMILES string of the molecule is COC(=O)C(NS(=O)(=O)c1ccc([N+](=O)[O-])cc1)C(O)c1ccc2c(c1)OCO2. The second kappa shape index (κ2) is 8.03. The minimum atomic E-state index is -4.31. The minimum Gasteiger partial charge on any atom is -0.468 e. The fourth-order valence-electron chi connectivity index (χ4n) is 2.64. The number of ether oxygens (including phenoxy) is 3. The molecule has 3 rings (SSSR count). The molecule has 0 aromatic heterocycles. The molecule has 1 aliphatic rings. The van der Waals surface area contributed by atoms with Crippen LogP contribution in [0.4, 0.5) is 5.69 Å².